The Morgan fingerprint density at radius 3 is 2.46 bits per heavy atom. The van der Waals surface area contributed by atoms with Crippen LogP contribution in [0.3, 0.4) is 0 Å². The highest BCUT2D eigenvalue weighted by molar-refractivity contribution is 7.12. The van der Waals surface area contributed by atoms with Crippen LogP contribution in [-0.4, -0.2) is 35.8 Å². The molecule has 0 saturated carbocycles. The van der Waals surface area contributed by atoms with E-state index < -0.39 is 6.04 Å². The average molecular weight is 342 g/mol. The number of hydrogen-bond donors (Lipinski definition) is 1. The molecule has 2 aromatic rings. The fourth-order valence-corrected chi connectivity index (χ4v) is 3.80. The SMILES string of the molecule is CC(NC(=O)c1cccs1)C(=O)N1CCC(c2ccccc2)CC1. The maximum Gasteiger partial charge on any atom is 0.261 e. The zero-order chi connectivity index (χ0) is 16.9. The number of hydrogen-bond acceptors (Lipinski definition) is 3. The molecule has 0 bridgehead atoms. The normalized spacial score (nSPS) is 16.6. The Kier molecular flexibility index (Phi) is 5.30. The fourth-order valence-electron chi connectivity index (χ4n) is 3.17. The third-order valence-corrected chi connectivity index (χ3v) is 5.41. The molecule has 1 fully saturated rings. The molecule has 0 spiro atoms. The molecule has 0 radical (unpaired) electrons. The Balaban J connectivity index is 1.52. The molecular formula is C19H22N2O2S. The van der Waals surface area contributed by atoms with Gasteiger partial charge in [0.25, 0.3) is 5.91 Å². The van der Waals surface area contributed by atoms with Crippen LogP contribution < -0.4 is 5.32 Å². The number of carbonyl (C=O) groups is 2. The number of carbonyl (C=O) groups excluding carboxylic acids is 2. The fraction of sp³-hybridized carbons (Fsp3) is 0.368. The lowest BCUT2D eigenvalue weighted by molar-refractivity contribution is -0.133. The summed E-state index contributed by atoms with van der Waals surface area (Å²) in [6.07, 6.45) is 1.95. The van der Waals surface area contributed by atoms with E-state index in [9.17, 15) is 9.59 Å². The third-order valence-electron chi connectivity index (χ3n) is 4.54. The predicted molar refractivity (Wildman–Crippen MR) is 96.2 cm³/mol. The summed E-state index contributed by atoms with van der Waals surface area (Å²) in [6, 6.07) is 13.6. The minimum atomic E-state index is -0.493. The van der Waals surface area contributed by atoms with E-state index in [2.05, 4.69) is 29.6 Å². The van der Waals surface area contributed by atoms with Crippen molar-refractivity contribution in [1.29, 1.82) is 0 Å². The van der Waals surface area contributed by atoms with Crippen molar-refractivity contribution in [3.63, 3.8) is 0 Å². The second kappa shape index (κ2) is 7.62. The lowest BCUT2D eigenvalue weighted by Gasteiger charge is -2.34. The molecule has 1 saturated heterocycles. The summed E-state index contributed by atoms with van der Waals surface area (Å²) in [5, 5.41) is 4.66. The molecule has 1 unspecified atom stereocenters. The minimum absolute atomic E-state index is 0.00594. The minimum Gasteiger partial charge on any atom is -0.341 e. The molecule has 2 heterocycles. The van der Waals surface area contributed by atoms with Crippen LogP contribution in [0.4, 0.5) is 0 Å². The van der Waals surface area contributed by atoms with Crippen molar-refractivity contribution in [3.8, 4) is 0 Å². The molecule has 1 aromatic heterocycles. The summed E-state index contributed by atoms with van der Waals surface area (Å²) >= 11 is 1.38. The van der Waals surface area contributed by atoms with Crippen molar-refractivity contribution >= 4 is 23.2 Å². The number of nitrogens with zero attached hydrogens (tertiary/aromatic N) is 1. The second-order valence-electron chi connectivity index (χ2n) is 6.18. The first kappa shape index (κ1) is 16.7. The van der Waals surface area contributed by atoms with Gasteiger partial charge in [-0.2, -0.15) is 0 Å². The molecule has 2 amide bonds. The second-order valence-corrected chi connectivity index (χ2v) is 7.13. The van der Waals surface area contributed by atoms with Crippen LogP contribution in [0.1, 0.15) is 40.9 Å². The van der Waals surface area contributed by atoms with Crippen molar-refractivity contribution in [2.75, 3.05) is 13.1 Å². The van der Waals surface area contributed by atoms with Gasteiger partial charge in [-0.1, -0.05) is 36.4 Å². The molecule has 5 heteroatoms. The molecule has 4 nitrogen and oxygen atoms in total. The van der Waals surface area contributed by atoms with Crippen molar-refractivity contribution in [3.05, 3.63) is 58.3 Å². The average Bonchev–Trinajstić information content (AvgIpc) is 3.17. The molecule has 3 rings (SSSR count). The van der Waals surface area contributed by atoms with E-state index in [1.165, 1.54) is 16.9 Å². The first-order valence-electron chi connectivity index (χ1n) is 8.33. The highest BCUT2D eigenvalue weighted by Crippen LogP contribution is 2.27. The first-order chi connectivity index (χ1) is 11.6. The molecule has 1 aliphatic rings. The lowest BCUT2D eigenvalue weighted by Crippen LogP contribution is -2.49. The van der Waals surface area contributed by atoms with Gasteiger partial charge in [0, 0.05) is 13.1 Å². The van der Waals surface area contributed by atoms with Crippen molar-refractivity contribution < 1.29 is 9.59 Å². The highest BCUT2D eigenvalue weighted by atomic mass is 32.1. The maximum atomic E-state index is 12.6. The standard InChI is InChI=1S/C19H22N2O2S/c1-14(20-18(22)17-8-5-13-24-17)19(23)21-11-9-16(10-12-21)15-6-3-2-4-7-15/h2-8,13-14,16H,9-12H2,1H3,(H,20,22). The van der Waals surface area contributed by atoms with E-state index in [1.807, 2.05) is 22.4 Å². The molecule has 1 atom stereocenters. The molecule has 1 aliphatic heterocycles. The van der Waals surface area contributed by atoms with Gasteiger partial charge in [0.1, 0.15) is 6.04 Å². The zero-order valence-electron chi connectivity index (χ0n) is 13.8. The van der Waals surface area contributed by atoms with E-state index >= 15 is 0 Å². The van der Waals surface area contributed by atoms with Gasteiger partial charge in [0.15, 0.2) is 0 Å². The van der Waals surface area contributed by atoms with E-state index in [-0.39, 0.29) is 11.8 Å². The summed E-state index contributed by atoms with van der Waals surface area (Å²) in [5.74, 6) is 0.350. The van der Waals surface area contributed by atoms with Crippen LogP contribution >= 0.6 is 11.3 Å². The van der Waals surface area contributed by atoms with Gasteiger partial charge in [0.2, 0.25) is 5.91 Å². The van der Waals surface area contributed by atoms with Gasteiger partial charge in [-0.05, 0) is 42.7 Å². The number of amides is 2. The monoisotopic (exact) mass is 342 g/mol. The molecular weight excluding hydrogens is 320 g/mol. The van der Waals surface area contributed by atoms with E-state index in [4.69, 9.17) is 0 Å². The van der Waals surface area contributed by atoms with Crippen LogP contribution in [-0.2, 0) is 4.79 Å². The van der Waals surface area contributed by atoms with E-state index in [0.29, 0.717) is 10.8 Å². The Morgan fingerprint density at radius 1 is 1.12 bits per heavy atom. The van der Waals surface area contributed by atoms with Crippen LogP contribution in [0.2, 0.25) is 0 Å². The maximum absolute atomic E-state index is 12.6. The van der Waals surface area contributed by atoms with Crippen molar-refractivity contribution in [1.82, 2.24) is 10.2 Å². The number of rotatable bonds is 4. The Bertz CT molecular complexity index is 677. The molecule has 1 aromatic carbocycles. The zero-order valence-corrected chi connectivity index (χ0v) is 14.6. The summed E-state index contributed by atoms with van der Waals surface area (Å²) in [7, 11) is 0. The van der Waals surface area contributed by atoms with Crippen LogP contribution in [0.25, 0.3) is 0 Å². The smallest absolute Gasteiger partial charge is 0.261 e. The summed E-state index contributed by atoms with van der Waals surface area (Å²) in [6.45, 7) is 3.26. The number of thiophene rings is 1. The third kappa shape index (κ3) is 3.85. The van der Waals surface area contributed by atoms with Crippen molar-refractivity contribution in [2.24, 2.45) is 0 Å². The molecule has 0 aliphatic carbocycles. The summed E-state index contributed by atoms with van der Waals surface area (Å²) in [4.78, 5) is 27.1. The predicted octanol–water partition coefficient (Wildman–Crippen LogP) is 3.27. The quantitative estimate of drug-likeness (QED) is 0.927. The van der Waals surface area contributed by atoms with Crippen LogP contribution in [0.15, 0.2) is 47.8 Å². The van der Waals surface area contributed by atoms with Crippen LogP contribution in [0, 0.1) is 0 Å². The van der Waals surface area contributed by atoms with E-state index in [0.717, 1.165) is 25.9 Å². The van der Waals surface area contributed by atoms with Crippen molar-refractivity contribution in [2.45, 2.75) is 31.7 Å². The van der Waals surface area contributed by atoms with Gasteiger partial charge in [-0.15, -0.1) is 11.3 Å². The van der Waals surface area contributed by atoms with Gasteiger partial charge in [-0.3, -0.25) is 9.59 Å². The lowest BCUT2D eigenvalue weighted by atomic mass is 9.89. The number of benzene rings is 1. The topological polar surface area (TPSA) is 49.4 Å². The van der Waals surface area contributed by atoms with Gasteiger partial charge < -0.3 is 10.2 Å². The summed E-state index contributed by atoms with van der Waals surface area (Å²) in [5.41, 5.74) is 1.35. The Hall–Kier alpha value is -2.14. The van der Waals surface area contributed by atoms with Crippen LogP contribution in [0.5, 0.6) is 0 Å². The molecule has 126 valence electrons. The van der Waals surface area contributed by atoms with E-state index in [1.54, 1.807) is 13.0 Å². The number of nitrogens with one attached hydrogen (secondary N) is 1. The van der Waals surface area contributed by atoms with Gasteiger partial charge >= 0.3 is 0 Å². The molecule has 24 heavy (non-hydrogen) atoms. The number of likely N-dealkylation sites (tertiary alicyclic amines) is 1. The molecule has 1 N–H and O–H groups in total. The van der Waals surface area contributed by atoms with Gasteiger partial charge in [0.05, 0.1) is 4.88 Å². The number of piperidine rings is 1. The largest absolute Gasteiger partial charge is 0.341 e. The summed E-state index contributed by atoms with van der Waals surface area (Å²) < 4.78 is 0. The highest BCUT2D eigenvalue weighted by Gasteiger charge is 2.27. The Morgan fingerprint density at radius 2 is 1.83 bits per heavy atom. The van der Waals surface area contributed by atoms with Gasteiger partial charge in [-0.25, -0.2) is 0 Å². The first-order valence-corrected chi connectivity index (χ1v) is 9.21. The Labute approximate surface area is 146 Å².